The number of carbonyl (C=O) groups is 2. The maximum absolute atomic E-state index is 12.4. The van der Waals surface area contributed by atoms with Gasteiger partial charge in [-0.05, 0) is 52.7 Å². The van der Waals surface area contributed by atoms with Crippen molar-refractivity contribution in [2.45, 2.75) is 6.54 Å². The van der Waals surface area contributed by atoms with Gasteiger partial charge >= 0.3 is 0 Å². The van der Waals surface area contributed by atoms with Crippen molar-refractivity contribution in [2.75, 3.05) is 19.0 Å². The molecule has 3 aromatic carbocycles. The largest absolute Gasteiger partial charge is 0.497 e. The average molecular weight is 362 g/mol. The van der Waals surface area contributed by atoms with Crippen molar-refractivity contribution in [1.82, 2.24) is 5.32 Å². The zero-order chi connectivity index (χ0) is 18.8. The molecule has 6 heteroatoms. The summed E-state index contributed by atoms with van der Waals surface area (Å²) in [6.45, 7) is 0.370. The molecule has 2 N–H and O–H groups in total. The van der Waals surface area contributed by atoms with E-state index in [1.54, 1.807) is 25.3 Å². The van der Waals surface area contributed by atoms with Crippen LogP contribution in [-0.2, 0) is 11.3 Å². The fourth-order valence-corrected chi connectivity index (χ4v) is 3.01. The summed E-state index contributed by atoms with van der Waals surface area (Å²) in [4.78, 5) is 23.8. The molecule has 1 heterocycles. The van der Waals surface area contributed by atoms with E-state index in [9.17, 15) is 9.59 Å². The second kappa shape index (κ2) is 6.99. The highest BCUT2D eigenvalue weighted by Crippen LogP contribution is 2.28. The van der Waals surface area contributed by atoms with Gasteiger partial charge in [0, 0.05) is 12.1 Å². The second-order valence-electron chi connectivity index (χ2n) is 6.28. The molecule has 0 aromatic heterocycles. The fourth-order valence-electron chi connectivity index (χ4n) is 3.01. The van der Waals surface area contributed by atoms with Crippen LogP contribution in [0.3, 0.4) is 0 Å². The highest BCUT2D eigenvalue weighted by Gasteiger charge is 2.17. The van der Waals surface area contributed by atoms with E-state index >= 15 is 0 Å². The van der Waals surface area contributed by atoms with Crippen LogP contribution in [0.2, 0.25) is 0 Å². The van der Waals surface area contributed by atoms with Gasteiger partial charge in [-0.2, -0.15) is 0 Å². The Morgan fingerprint density at radius 3 is 2.78 bits per heavy atom. The van der Waals surface area contributed by atoms with Gasteiger partial charge in [0.2, 0.25) is 0 Å². The van der Waals surface area contributed by atoms with Crippen molar-refractivity contribution in [2.24, 2.45) is 0 Å². The van der Waals surface area contributed by atoms with Gasteiger partial charge in [-0.15, -0.1) is 0 Å². The number of hydrogen-bond acceptors (Lipinski definition) is 4. The Balaban J connectivity index is 1.46. The van der Waals surface area contributed by atoms with Gasteiger partial charge in [0.25, 0.3) is 11.8 Å². The normalized spacial score (nSPS) is 12.7. The maximum atomic E-state index is 12.4. The first-order valence-corrected chi connectivity index (χ1v) is 8.54. The van der Waals surface area contributed by atoms with Crippen molar-refractivity contribution in [3.8, 4) is 11.5 Å². The number of anilines is 1. The van der Waals surface area contributed by atoms with Crippen LogP contribution in [-0.4, -0.2) is 25.5 Å². The monoisotopic (exact) mass is 362 g/mol. The number of amides is 2. The standard InChI is InChI=1S/C21H18N2O4/c1-26-17-6-4-14-8-13(2-3-15(14)9-17)11-22-21(25)16-5-7-18-19(10-16)27-12-20(24)23-18/h2-10H,11-12H2,1H3,(H,22,25)(H,23,24). The van der Waals surface area contributed by atoms with Crippen molar-refractivity contribution in [3.63, 3.8) is 0 Å². The summed E-state index contributed by atoms with van der Waals surface area (Å²) >= 11 is 0. The van der Waals surface area contributed by atoms with Gasteiger partial charge in [-0.25, -0.2) is 0 Å². The SMILES string of the molecule is COc1ccc2cc(CNC(=O)c3ccc4c(c3)OCC(=O)N4)ccc2c1. The van der Waals surface area contributed by atoms with E-state index in [0.717, 1.165) is 22.1 Å². The lowest BCUT2D eigenvalue weighted by molar-refractivity contribution is -0.118. The van der Waals surface area contributed by atoms with E-state index < -0.39 is 0 Å². The molecule has 3 aromatic rings. The van der Waals surface area contributed by atoms with Gasteiger partial charge in [0.15, 0.2) is 6.61 Å². The maximum Gasteiger partial charge on any atom is 0.262 e. The summed E-state index contributed by atoms with van der Waals surface area (Å²) in [5.74, 6) is 0.915. The molecule has 0 fully saturated rings. The molecule has 136 valence electrons. The van der Waals surface area contributed by atoms with E-state index in [1.165, 1.54) is 0 Å². The Morgan fingerprint density at radius 2 is 1.93 bits per heavy atom. The predicted octanol–water partition coefficient (Wildman–Crippen LogP) is 3.11. The van der Waals surface area contributed by atoms with E-state index in [2.05, 4.69) is 10.6 Å². The third-order valence-electron chi connectivity index (χ3n) is 4.44. The van der Waals surface area contributed by atoms with Gasteiger partial charge < -0.3 is 20.1 Å². The molecule has 2 amide bonds. The highest BCUT2D eigenvalue weighted by atomic mass is 16.5. The van der Waals surface area contributed by atoms with Crippen LogP contribution in [0.1, 0.15) is 15.9 Å². The number of ether oxygens (including phenoxy) is 2. The Hall–Kier alpha value is -3.54. The Kier molecular flexibility index (Phi) is 4.38. The quantitative estimate of drug-likeness (QED) is 0.748. The van der Waals surface area contributed by atoms with Crippen LogP contribution >= 0.6 is 0 Å². The number of rotatable bonds is 4. The van der Waals surface area contributed by atoms with E-state index in [4.69, 9.17) is 9.47 Å². The Bertz CT molecular complexity index is 1050. The van der Waals surface area contributed by atoms with Crippen LogP contribution in [0.25, 0.3) is 10.8 Å². The molecule has 0 spiro atoms. The van der Waals surface area contributed by atoms with Crippen LogP contribution < -0.4 is 20.1 Å². The van der Waals surface area contributed by atoms with Gasteiger partial charge in [0.05, 0.1) is 12.8 Å². The first kappa shape index (κ1) is 16.9. The van der Waals surface area contributed by atoms with Crippen LogP contribution in [0.4, 0.5) is 5.69 Å². The molecule has 0 aliphatic carbocycles. The molecule has 0 atom stereocenters. The first-order valence-electron chi connectivity index (χ1n) is 8.54. The van der Waals surface area contributed by atoms with Gasteiger partial charge in [0.1, 0.15) is 11.5 Å². The van der Waals surface area contributed by atoms with Crippen molar-refractivity contribution < 1.29 is 19.1 Å². The number of benzene rings is 3. The van der Waals surface area contributed by atoms with E-state index in [0.29, 0.717) is 23.5 Å². The predicted molar refractivity (Wildman–Crippen MR) is 102 cm³/mol. The third-order valence-corrected chi connectivity index (χ3v) is 4.44. The summed E-state index contributed by atoms with van der Waals surface area (Å²) < 4.78 is 10.6. The van der Waals surface area contributed by atoms with E-state index in [1.807, 2.05) is 36.4 Å². The molecule has 1 aliphatic heterocycles. The molecule has 4 rings (SSSR count). The number of carbonyl (C=O) groups excluding carboxylic acids is 2. The molecule has 1 aliphatic rings. The summed E-state index contributed by atoms with van der Waals surface area (Å²) in [6.07, 6.45) is 0. The number of fused-ring (bicyclic) bond motifs is 2. The van der Waals surface area contributed by atoms with Gasteiger partial charge in [-0.1, -0.05) is 18.2 Å². The third kappa shape index (κ3) is 3.55. The average Bonchev–Trinajstić information content (AvgIpc) is 2.71. The molecule has 0 unspecified atom stereocenters. The summed E-state index contributed by atoms with van der Waals surface area (Å²) in [5.41, 5.74) is 2.06. The number of methoxy groups -OCH3 is 1. The first-order chi connectivity index (χ1) is 13.1. The summed E-state index contributed by atoms with van der Waals surface area (Å²) in [7, 11) is 1.64. The van der Waals surface area contributed by atoms with Crippen LogP contribution in [0, 0.1) is 0 Å². The lowest BCUT2D eigenvalue weighted by Gasteiger charge is -2.18. The molecule has 0 radical (unpaired) electrons. The molecule has 6 nitrogen and oxygen atoms in total. The molecule has 27 heavy (non-hydrogen) atoms. The zero-order valence-corrected chi connectivity index (χ0v) is 14.7. The zero-order valence-electron chi connectivity index (χ0n) is 14.7. The number of nitrogens with one attached hydrogen (secondary N) is 2. The van der Waals surface area contributed by atoms with Crippen molar-refractivity contribution >= 4 is 28.3 Å². The Labute approximate surface area is 156 Å². The van der Waals surface area contributed by atoms with Crippen molar-refractivity contribution in [1.29, 1.82) is 0 Å². The minimum Gasteiger partial charge on any atom is -0.497 e. The second-order valence-corrected chi connectivity index (χ2v) is 6.28. The molecular formula is C21H18N2O4. The molecular weight excluding hydrogens is 344 g/mol. The van der Waals surface area contributed by atoms with Crippen LogP contribution in [0.5, 0.6) is 11.5 Å². The smallest absolute Gasteiger partial charge is 0.262 e. The van der Waals surface area contributed by atoms with Crippen LogP contribution in [0.15, 0.2) is 54.6 Å². The molecule has 0 saturated carbocycles. The topological polar surface area (TPSA) is 76.7 Å². The van der Waals surface area contributed by atoms with E-state index in [-0.39, 0.29) is 18.4 Å². The minimum absolute atomic E-state index is 0.0417. The summed E-state index contributed by atoms with van der Waals surface area (Å²) in [5, 5.41) is 7.78. The minimum atomic E-state index is -0.201. The molecule has 0 saturated heterocycles. The highest BCUT2D eigenvalue weighted by molar-refractivity contribution is 5.99. The van der Waals surface area contributed by atoms with Gasteiger partial charge in [-0.3, -0.25) is 9.59 Å². The van der Waals surface area contributed by atoms with Crippen molar-refractivity contribution in [3.05, 3.63) is 65.7 Å². The lowest BCUT2D eigenvalue weighted by atomic mass is 10.1. The fraction of sp³-hybridized carbons (Fsp3) is 0.143. The molecule has 0 bridgehead atoms. The number of hydrogen-bond donors (Lipinski definition) is 2. The Morgan fingerprint density at radius 1 is 1.11 bits per heavy atom. The summed E-state index contributed by atoms with van der Waals surface area (Å²) in [6, 6.07) is 16.9. The lowest BCUT2D eigenvalue weighted by Crippen LogP contribution is -2.26.